The largest absolute Gasteiger partial charge is 0.474 e. The minimum absolute atomic E-state index is 0.411. The summed E-state index contributed by atoms with van der Waals surface area (Å²) in [6.07, 6.45) is 8.93. The zero-order chi connectivity index (χ0) is 13.1. The second-order valence-electron chi connectivity index (χ2n) is 5.88. The first-order chi connectivity index (χ1) is 9.33. The van der Waals surface area contributed by atoms with Gasteiger partial charge in [-0.2, -0.15) is 0 Å². The number of nitrogens with one attached hydrogen (secondary N) is 1. The molecule has 0 radical (unpaired) electrons. The Bertz CT molecular complexity index is 425. The van der Waals surface area contributed by atoms with E-state index in [1.807, 2.05) is 0 Å². The van der Waals surface area contributed by atoms with Gasteiger partial charge in [-0.15, -0.1) is 0 Å². The number of nitrogens with zero attached hydrogens (tertiary/aromatic N) is 1. The van der Waals surface area contributed by atoms with Crippen LogP contribution in [0.5, 0.6) is 5.88 Å². The zero-order valence-electron chi connectivity index (χ0n) is 11.8. The lowest BCUT2D eigenvalue weighted by Crippen LogP contribution is -2.25. The molecule has 0 saturated heterocycles. The van der Waals surface area contributed by atoms with Crippen molar-refractivity contribution < 1.29 is 4.74 Å². The third-order valence-electron chi connectivity index (χ3n) is 3.93. The molecule has 3 heteroatoms. The third-order valence-corrected chi connectivity index (χ3v) is 3.93. The molecule has 19 heavy (non-hydrogen) atoms. The van der Waals surface area contributed by atoms with E-state index in [0.29, 0.717) is 6.10 Å². The van der Waals surface area contributed by atoms with Gasteiger partial charge in [-0.1, -0.05) is 13.3 Å². The Hall–Kier alpha value is -1.09. The minimum atomic E-state index is 0.411. The van der Waals surface area contributed by atoms with E-state index in [1.165, 1.54) is 43.4 Å². The lowest BCUT2D eigenvalue weighted by Gasteiger charge is -2.26. The second-order valence-corrected chi connectivity index (χ2v) is 5.88. The summed E-state index contributed by atoms with van der Waals surface area (Å²) in [6, 6.07) is 5.10. The fourth-order valence-corrected chi connectivity index (χ4v) is 2.38. The van der Waals surface area contributed by atoms with Gasteiger partial charge in [0.05, 0.1) is 0 Å². The van der Waals surface area contributed by atoms with Crippen LogP contribution in [0.1, 0.15) is 56.7 Å². The van der Waals surface area contributed by atoms with Crippen LogP contribution in [0.25, 0.3) is 0 Å². The molecule has 0 atom stereocenters. The summed E-state index contributed by atoms with van der Waals surface area (Å²) in [6.45, 7) is 3.15. The SMILES string of the molecule is CCCc1cc(CNC2CC2)cc(OC2CCC2)n1. The molecule has 1 heterocycles. The highest BCUT2D eigenvalue weighted by Gasteiger charge is 2.21. The van der Waals surface area contributed by atoms with Gasteiger partial charge >= 0.3 is 0 Å². The number of hydrogen-bond acceptors (Lipinski definition) is 3. The zero-order valence-corrected chi connectivity index (χ0v) is 11.8. The van der Waals surface area contributed by atoms with Crippen LogP contribution in [0.3, 0.4) is 0 Å². The lowest BCUT2D eigenvalue weighted by molar-refractivity contribution is 0.114. The molecule has 2 aliphatic carbocycles. The highest BCUT2D eigenvalue weighted by Crippen LogP contribution is 2.25. The molecule has 2 fully saturated rings. The van der Waals surface area contributed by atoms with E-state index in [0.717, 1.165) is 31.3 Å². The lowest BCUT2D eigenvalue weighted by atomic mass is 9.96. The van der Waals surface area contributed by atoms with Crippen molar-refractivity contribution in [2.24, 2.45) is 0 Å². The maximum Gasteiger partial charge on any atom is 0.214 e. The number of aryl methyl sites for hydroxylation is 1. The van der Waals surface area contributed by atoms with E-state index < -0.39 is 0 Å². The molecule has 3 rings (SSSR count). The van der Waals surface area contributed by atoms with Crippen LogP contribution in [-0.2, 0) is 13.0 Å². The average molecular weight is 260 g/mol. The molecule has 3 nitrogen and oxygen atoms in total. The predicted octanol–water partition coefficient (Wildman–Crippen LogP) is 3.22. The molecule has 1 aromatic rings. The van der Waals surface area contributed by atoms with E-state index in [9.17, 15) is 0 Å². The molecule has 0 amide bonds. The van der Waals surface area contributed by atoms with Crippen LogP contribution >= 0.6 is 0 Å². The van der Waals surface area contributed by atoms with Gasteiger partial charge in [-0.3, -0.25) is 0 Å². The quantitative estimate of drug-likeness (QED) is 0.817. The summed E-state index contributed by atoms with van der Waals surface area (Å²) in [5, 5.41) is 3.57. The molecule has 1 aromatic heterocycles. The van der Waals surface area contributed by atoms with Gasteiger partial charge in [0.15, 0.2) is 0 Å². The second kappa shape index (κ2) is 5.91. The topological polar surface area (TPSA) is 34.1 Å². The average Bonchev–Trinajstić information content (AvgIpc) is 3.16. The van der Waals surface area contributed by atoms with Crippen LogP contribution in [0.4, 0.5) is 0 Å². The van der Waals surface area contributed by atoms with Gasteiger partial charge in [0.1, 0.15) is 6.10 Å². The van der Waals surface area contributed by atoms with Gasteiger partial charge in [-0.05, 0) is 50.2 Å². The van der Waals surface area contributed by atoms with Crippen LogP contribution < -0.4 is 10.1 Å². The fraction of sp³-hybridized carbons (Fsp3) is 0.688. The molecule has 2 saturated carbocycles. The first-order valence-electron chi connectivity index (χ1n) is 7.73. The van der Waals surface area contributed by atoms with Gasteiger partial charge in [0, 0.05) is 24.3 Å². The van der Waals surface area contributed by atoms with Crippen molar-refractivity contribution in [3.8, 4) is 5.88 Å². The highest BCUT2D eigenvalue weighted by molar-refractivity contribution is 5.26. The molecule has 0 unspecified atom stereocenters. The summed E-state index contributed by atoms with van der Waals surface area (Å²) in [5.74, 6) is 0.836. The van der Waals surface area contributed by atoms with Crippen LogP contribution in [0, 0.1) is 0 Å². The van der Waals surface area contributed by atoms with Gasteiger partial charge in [0.2, 0.25) is 5.88 Å². The van der Waals surface area contributed by atoms with E-state index in [-0.39, 0.29) is 0 Å². The molecule has 2 aliphatic rings. The molecule has 1 N–H and O–H groups in total. The van der Waals surface area contributed by atoms with E-state index >= 15 is 0 Å². The number of rotatable bonds is 7. The summed E-state index contributed by atoms with van der Waals surface area (Å²) in [5.41, 5.74) is 2.49. The van der Waals surface area contributed by atoms with Crippen LogP contribution in [0.2, 0.25) is 0 Å². The number of hydrogen-bond donors (Lipinski definition) is 1. The van der Waals surface area contributed by atoms with Crippen molar-refractivity contribution in [1.29, 1.82) is 0 Å². The Balaban J connectivity index is 1.68. The first-order valence-corrected chi connectivity index (χ1v) is 7.73. The van der Waals surface area contributed by atoms with Crippen molar-refractivity contribution in [3.05, 3.63) is 23.4 Å². The van der Waals surface area contributed by atoms with E-state index in [1.54, 1.807) is 0 Å². The molecule has 0 bridgehead atoms. The van der Waals surface area contributed by atoms with Crippen molar-refractivity contribution in [2.45, 2.75) is 70.6 Å². The Kier molecular flexibility index (Phi) is 4.02. The summed E-state index contributed by atoms with van der Waals surface area (Å²) in [7, 11) is 0. The highest BCUT2D eigenvalue weighted by atomic mass is 16.5. The number of ether oxygens (including phenoxy) is 1. The van der Waals surface area contributed by atoms with E-state index in [4.69, 9.17) is 4.74 Å². The number of pyridine rings is 1. The monoisotopic (exact) mass is 260 g/mol. The maximum atomic E-state index is 5.96. The minimum Gasteiger partial charge on any atom is -0.474 e. The normalized spacial score (nSPS) is 19.2. The molecule has 0 aromatic carbocycles. The van der Waals surface area contributed by atoms with Gasteiger partial charge in [-0.25, -0.2) is 4.98 Å². The fourth-order valence-electron chi connectivity index (χ4n) is 2.38. The molecule has 104 valence electrons. The Morgan fingerprint density at radius 1 is 1.26 bits per heavy atom. The van der Waals surface area contributed by atoms with Crippen molar-refractivity contribution in [2.75, 3.05) is 0 Å². The summed E-state index contributed by atoms with van der Waals surface area (Å²) < 4.78 is 5.96. The smallest absolute Gasteiger partial charge is 0.214 e. The van der Waals surface area contributed by atoms with Crippen molar-refractivity contribution >= 4 is 0 Å². The predicted molar refractivity (Wildman–Crippen MR) is 76.4 cm³/mol. The van der Waals surface area contributed by atoms with E-state index in [2.05, 4.69) is 29.4 Å². The first kappa shape index (κ1) is 12.9. The third kappa shape index (κ3) is 3.69. The molecular weight excluding hydrogens is 236 g/mol. The van der Waals surface area contributed by atoms with Gasteiger partial charge in [0.25, 0.3) is 0 Å². The Labute approximate surface area is 115 Å². The molecule has 0 aliphatic heterocycles. The standard InChI is InChI=1S/C16H24N2O/c1-2-4-14-9-12(11-17-13-7-8-13)10-16(18-14)19-15-5-3-6-15/h9-10,13,15,17H,2-8,11H2,1H3. The van der Waals surface area contributed by atoms with Crippen LogP contribution in [-0.4, -0.2) is 17.1 Å². The molecular formula is C16H24N2O. The summed E-state index contributed by atoms with van der Waals surface area (Å²) in [4.78, 5) is 4.64. The van der Waals surface area contributed by atoms with Crippen molar-refractivity contribution in [3.63, 3.8) is 0 Å². The molecule has 0 spiro atoms. The Morgan fingerprint density at radius 2 is 2.11 bits per heavy atom. The summed E-state index contributed by atoms with van der Waals surface area (Å²) >= 11 is 0. The maximum absolute atomic E-state index is 5.96. The number of aromatic nitrogens is 1. The van der Waals surface area contributed by atoms with Crippen molar-refractivity contribution in [1.82, 2.24) is 10.3 Å². The Morgan fingerprint density at radius 3 is 2.74 bits per heavy atom. The van der Waals surface area contributed by atoms with Gasteiger partial charge < -0.3 is 10.1 Å². The van der Waals surface area contributed by atoms with Crippen LogP contribution in [0.15, 0.2) is 12.1 Å².